The predicted octanol–water partition coefficient (Wildman–Crippen LogP) is 5.75. The summed E-state index contributed by atoms with van der Waals surface area (Å²) in [5, 5.41) is 4.33. The summed E-state index contributed by atoms with van der Waals surface area (Å²) < 4.78 is 0. The van der Waals surface area contributed by atoms with Crippen molar-refractivity contribution >= 4 is 17.3 Å². The van der Waals surface area contributed by atoms with Crippen LogP contribution in [0.15, 0.2) is 30.3 Å². The van der Waals surface area contributed by atoms with Crippen molar-refractivity contribution in [2.45, 2.75) is 40.7 Å². The summed E-state index contributed by atoms with van der Waals surface area (Å²) in [6.07, 6.45) is 0. The highest BCUT2D eigenvalue weighted by Crippen LogP contribution is 2.27. The molecule has 106 valence electrons. The third kappa shape index (κ3) is 3.16. The number of nitrogens with one attached hydrogen (secondary N) is 1. The van der Waals surface area contributed by atoms with Crippen molar-refractivity contribution in [2.24, 2.45) is 0 Å². The van der Waals surface area contributed by atoms with E-state index >= 15 is 0 Å². The molecule has 1 unspecified atom stereocenters. The fraction of sp³-hybridized carbons (Fsp3) is 0.333. The molecule has 1 nitrogen and oxygen atoms in total. The van der Waals surface area contributed by atoms with Gasteiger partial charge in [0.25, 0.3) is 0 Å². The Bertz CT molecular complexity index is 632. The van der Waals surface area contributed by atoms with Gasteiger partial charge in [-0.15, -0.1) is 0 Å². The Morgan fingerprint density at radius 3 is 2.15 bits per heavy atom. The molecule has 0 aliphatic carbocycles. The first-order chi connectivity index (χ1) is 9.38. The van der Waals surface area contributed by atoms with E-state index in [1.807, 2.05) is 19.1 Å². The Hall–Kier alpha value is -1.47. The van der Waals surface area contributed by atoms with Crippen molar-refractivity contribution in [3.8, 4) is 0 Å². The Balaban J connectivity index is 2.25. The molecule has 0 radical (unpaired) electrons. The molecule has 1 N–H and O–H groups in total. The van der Waals surface area contributed by atoms with Crippen molar-refractivity contribution in [1.29, 1.82) is 0 Å². The molecular formula is C18H22ClN. The molecule has 2 heteroatoms. The number of rotatable bonds is 3. The van der Waals surface area contributed by atoms with E-state index in [1.165, 1.54) is 22.3 Å². The topological polar surface area (TPSA) is 12.0 Å². The molecule has 20 heavy (non-hydrogen) atoms. The summed E-state index contributed by atoms with van der Waals surface area (Å²) in [5.74, 6) is 0. The highest BCUT2D eigenvalue weighted by atomic mass is 35.5. The molecule has 2 aromatic rings. The van der Waals surface area contributed by atoms with Crippen molar-refractivity contribution in [1.82, 2.24) is 0 Å². The van der Waals surface area contributed by atoms with Crippen LogP contribution in [-0.2, 0) is 0 Å². The molecule has 0 aliphatic rings. The minimum atomic E-state index is 0.257. The number of anilines is 1. The number of benzene rings is 2. The first kappa shape index (κ1) is 14.9. The first-order valence-electron chi connectivity index (χ1n) is 6.99. The fourth-order valence-electron chi connectivity index (χ4n) is 2.46. The lowest BCUT2D eigenvalue weighted by Crippen LogP contribution is -2.09. The SMILES string of the molecule is Cc1cc(C)c(C(C)Nc2ccc(C)c(Cl)c2)cc1C. The lowest BCUT2D eigenvalue weighted by Gasteiger charge is -2.20. The van der Waals surface area contributed by atoms with Crippen LogP contribution < -0.4 is 5.32 Å². The molecule has 0 saturated carbocycles. The second-order valence-electron chi connectivity index (χ2n) is 5.62. The van der Waals surface area contributed by atoms with Crippen LogP contribution in [0.25, 0.3) is 0 Å². The van der Waals surface area contributed by atoms with Crippen molar-refractivity contribution in [3.05, 3.63) is 63.2 Å². The zero-order chi connectivity index (χ0) is 14.9. The van der Waals surface area contributed by atoms with E-state index in [0.29, 0.717) is 0 Å². The molecule has 1 atom stereocenters. The van der Waals surface area contributed by atoms with Gasteiger partial charge < -0.3 is 5.32 Å². The lowest BCUT2D eigenvalue weighted by atomic mass is 9.96. The van der Waals surface area contributed by atoms with E-state index in [9.17, 15) is 0 Å². The highest BCUT2D eigenvalue weighted by Gasteiger charge is 2.10. The minimum absolute atomic E-state index is 0.257. The van der Waals surface area contributed by atoms with Crippen LogP contribution in [0, 0.1) is 27.7 Å². The van der Waals surface area contributed by atoms with Gasteiger partial charge in [-0.1, -0.05) is 29.8 Å². The average Bonchev–Trinajstić information content (AvgIpc) is 2.38. The third-order valence-electron chi connectivity index (χ3n) is 3.90. The van der Waals surface area contributed by atoms with Gasteiger partial charge in [-0.05, 0) is 74.6 Å². The molecule has 0 aromatic heterocycles. The van der Waals surface area contributed by atoms with E-state index in [-0.39, 0.29) is 6.04 Å². The number of halogens is 1. The maximum absolute atomic E-state index is 6.18. The normalized spacial score (nSPS) is 12.3. The van der Waals surface area contributed by atoms with Crippen LogP contribution in [0.5, 0.6) is 0 Å². The van der Waals surface area contributed by atoms with E-state index in [1.54, 1.807) is 0 Å². The van der Waals surface area contributed by atoms with Crippen molar-refractivity contribution < 1.29 is 0 Å². The molecule has 0 heterocycles. The molecule has 0 fully saturated rings. The van der Waals surface area contributed by atoms with Crippen LogP contribution in [0.3, 0.4) is 0 Å². The molecule has 0 spiro atoms. The van der Waals surface area contributed by atoms with Gasteiger partial charge in [-0.3, -0.25) is 0 Å². The summed E-state index contributed by atoms with van der Waals surface area (Å²) in [4.78, 5) is 0. The van der Waals surface area contributed by atoms with Crippen LogP contribution in [0.1, 0.15) is 40.8 Å². The maximum Gasteiger partial charge on any atom is 0.0488 e. The molecular weight excluding hydrogens is 266 g/mol. The molecule has 2 aromatic carbocycles. The van der Waals surface area contributed by atoms with Gasteiger partial charge in [-0.2, -0.15) is 0 Å². The second-order valence-corrected chi connectivity index (χ2v) is 6.03. The highest BCUT2D eigenvalue weighted by molar-refractivity contribution is 6.31. The lowest BCUT2D eigenvalue weighted by molar-refractivity contribution is 0.870. The maximum atomic E-state index is 6.18. The average molecular weight is 288 g/mol. The van der Waals surface area contributed by atoms with E-state index in [0.717, 1.165) is 16.3 Å². The molecule has 0 amide bonds. The summed E-state index contributed by atoms with van der Waals surface area (Å²) in [7, 11) is 0. The van der Waals surface area contributed by atoms with Crippen LogP contribution in [0.2, 0.25) is 5.02 Å². The minimum Gasteiger partial charge on any atom is -0.378 e. The zero-order valence-corrected chi connectivity index (χ0v) is 13.6. The zero-order valence-electron chi connectivity index (χ0n) is 12.8. The Morgan fingerprint density at radius 1 is 0.850 bits per heavy atom. The number of aryl methyl sites for hydroxylation is 4. The fourth-order valence-corrected chi connectivity index (χ4v) is 2.64. The number of hydrogen-bond donors (Lipinski definition) is 1. The largest absolute Gasteiger partial charge is 0.378 e. The Labute approximate surface area is 127 Å². The first-order valence-corrected chi connectivity index (χ1v) is 7.36. The van der Waals surface area contributed by atoms with Gasteiger partial charge in [0.2, 0.25) is 0 Å². The summed E-state index contributed by atoms with van der Waals surface area (Å²) in [5.41, 5.74) is 7.51. The van der Waals surface area contributed by atoms with Crippen LogP contribution >= 0.6 is 11.6 Å². The summed E-state index contributed by atoms with van der Waals surface area (Å²) in [6.45, 7) is 10.7. The third-order valence-corrected chi connectivity index (χ3v) is 4.31. The van der Waals surface area contributed by atoms with Gasteiger partial charge >= 0.3 is 0 Å². The van der Waals surface area contributed by atoms with E-state index in [4.69, 9.17) is 11.6 Å². The monoisotopic (exact) mass is 287 g/mol. The van der Waals surface area contributed by atoms with Gasteiger partial charge in [0, 0.05) is 16.8 Å². The molecule has 0 bridgehead atoms. The smallest absolute Gasteiger partial charge is 0.0488 e. The van der Waals surface area contributed by atoms with Gasteiger partial charge in [-0.25, -0.2) is 0 Å². The van der Waals surface area contributed by atoms with E-state index < -0.39 is 0 Å². The van der Waals surface area contributed by atoms with Crippen molar-refractivity contribution in [3.63, 3.8) is 0 Å². The summed E-state index contributed by atoms with van der Waals surface area (Å²) >= 11 is 6.18. The molecule has 2 rings (SSSR count). The van der Waals surface area contributed by atoms with Gasteiger partial charge in [0.05, 0.1) is 0 Å². The standard InChI is InChI=1S/C18H22ClN/c1-11-6-7-16(10-18(11)19)20-15(5)17-9-13(3)12(2)8-14(17)4/h6-10,15,20H,1-5H3. The van der Waals surface area contributed by atoms with Crippen LogP contribution in [0.4, 0.5) is 5.69 Å². The number of hydrogen-bond acceptors (Lipinski definition) is 1. The van der Waals surface area contributed by atoms with Gasteiger partial charge in [0.1, 0.15) is 0 Å². The van der Waals surface area contributed by atoms with Crippen LogP contribution in [-0.4, -0.2) is 0 Å². The quantitative estimate of drug-likeness (QED) is 0.758. The predicted molar refractivity (Wildman–Crippen MR) is 88.9 cm³/mol. The van der Waals surface area contributed by atoms with Crippen molar-refractivity contribution in [2.75, 3.05) is 5.32 Å². The Morgan fingerprint density at radius 2 is 1.50 bits per heavy atom. The molecule has 0 saturated heterocycles. The Kier molecular flexibility index (Phi) is 4.39. The second kappa shape index (κ2) is 5.88. The molecule has 0 aliphatic heterocycles. The van der Waals surface area contributed by atoms with E-state index in [2.05, 4.69) is 51.2 Å². The summed E-state index contributed by atoms with van der Waals surface area (Å²) in [6, 6.07) is 10.9. The van der Waals surface area contributed by atoms with Gasteiger partial charge in [0.15, 0.2) is 0 Å².